The highest BCUT2D eigenvalue weighted by Crippen LogP contribution is 2.28. The normalized spacial score (nSPS) is 30.6. The Labute approximate surface area is 255 Å². The largest absolute Gasteiger partial charge is 0.461 e. The van der Waals surface area contributed by atoms with Crippen molar-refractivity contribution in [3.63, 3.8) is 0 Å². The van der Waals surface area contributed by atoms with Crippen LogP contribution < -0.4 is 0 Å². The molecule has 0 bridgehead atoms. The molecule has 240 valence electrons. The zero-order valence-corrected chi connectivity index (χ0v) is 27.0. The SMILES string of the molecule is CCC(O)C(C)C(OC(C)=O)C(Cl)CC(C)/C=C/C=C(\C)C1OC(=O)CC(O)CCC(C)(O)C(OC(C)=O)/C=C\C1C. The maximum atomic E-state index is 12.7. The van der Waals surface area contributed by atoms with Gasteiger partial charge in [0.25, 0.3) is 0 Å². The molecule has 10 atom stereocenters. The number of aliphatic hydroxyl groups is 3. The topological polar surface area (TPSA) is 140 Å². The van der Waals surface area contributed by atoms with E-state index in [4.69, 9.17) is 25.8 Å². The van der Waals surface area contributed by atoms with E-state index in [0.717, 1.165) is 5.57 Å². The number of carbonyl (C=O) groups is 3. The molecule has 42 heavy (non-hydrogen) atoms. The number of hydrogen-bond acceptors (Lipinski definition) is 9. The molecule has 0 fully saturated rings. The monoisotopic (exact) mass is 614 g/mol. The average molecular weight is 615 g/mol. The maximum absolute atomic E-state index is 12.7. The molecule has 1 aliphatic heterocycles. The summed E-state index contributed by atoms with van der Waals surface area (Å²) in [7, 11) is 0. The number of hydrogen-bond donors (Lipinski definition) is 3. The smallest absolute Gasteiger partial charge is 0.309 e. The summed E-state index contributed by atoms with van der Waals surface area (Å²) >= 11 is 6.67. The molecule has 0 saturated heterocycles. The van der Waals surface area contributed by atoms with Crippen molar-refractivity contribution in [1.29, 1.82) is 0 Å². The molecule has 0 amide bonds. The van der Waals surface area contributed by atoms with E-state index in [0.29, 0.717) is 12.8 Å². The van der Waals surface area contributed by atoms with Crippen molar-refractivity contribution in [2.24, 2.45) is 17.8 Å². The molecule has 1 heterocycles. The Morgan fingerprint density at radius 3 is 2.43 bits per heavy atom. The summed E-state index contributed by atoms with van der Waals surface area (Å²) < 4.78 is 16.6. The highest BCUT2D eigenvalue weighted by molar-refractivity contribution is 6.21. The summed E-state index contributed by atoms with van der Waals surface area (Å²) in [4.78, 5) is 36.0. The molecule has 0 aromatic carbocycles. The summed E-state index contributed by atoms with van der Waals surface area (Å²) in [5, 5.41) is 31.1. The number of cyclic esters (lactones) is 1. The van der Waals surface area contributed by atoms with Crippen LogP contribution in [0.2, 0.25) is 0 Å². The number of rotatable bonds is 11. The van der Waals surface area contributed by atoms with Crippen LogP contribution in [0.15, 0.2) is 36.0 Å². The zero-order valence-electron chi connectivity index (χ0n) is 26.3. The van der Waals surface area contributed by atoms with Crippen LogP contribution in [0.25, 0.3) is 0 Å². The van der Waals surface area contributed by atoms with Crippen LogP contribution in [-0.4, -0.2) is 74.7 Å². The Morgan fingerprint density at radius 2 is 1.86 bits per heavy atom. The van der Waals surface area contributed by atoms with Gasteiger partial charge in [-0.1, -0.05) is 52.0 Å². The van der Waals surface area contributed by atoms with Gasteiger partial charge >= 0.3 is 17.9 Å². The Balaban J connectivity index is 3.13. The Bertz CT molecular complexity index is 973. The minimum atomic E-state index is -1.44. The van der Waals surface area contributed by atoms with Crippen molar-refractivity contribution in [3.05, 3.63) is 36.0 Å². The highest BCUT2D eigenvalue weighted by Gasteiger charge is 2.35. The van der Waals surface area contributed by atoms with Gasteiger partial charge in [0, 0.05) is 25.7 Å². The number of esters is 3. The number of aliphatic hydroxyl groups excluding tert-OH is 2. The zero-order chi connectivity index (χ0) is 32.2. The molecular weight excluding hydrogens is 564 g/mol. The Morgan fingerprint density at radius 1 is 1.21 bits per heavy atom. The van der Waals surface area contributed by atoms with Crippen molar-refractivity contribution in [2.45, 2.75) is 129 Å². The predicted molar refractivity (Wildman–Crippen MR) is 162 cm³/mol. The van der Waals surface area contributed by atoms with Gasteiger partial charge in [-0.15, -0.1) is 11.6 Å². The van der Waals surface area contributed by atoms with Crippen molar-refractivity contribution in [2.75, 3.05) is 0 Å². The molecule has 0 spiro atoms. The predicted octanol–water partition coefficient (Wildman–Crippen LogP) is 4.79. The maximum Gasteiger partial charge on any atom is 0.309 e. The van der Waals surface area contributed by atoms with Crippen molar-refractivity contribution in [1.82, 2.24) is 0 Å². The lowest BCUT2D eigenvalue weighted by molar-refractivity contribution is -0.157. The molecule has 1 aliphatic rings. The summed E-state index contributed by atoms with van der Waals surface area (Å²) in [6.07, 6.45) is 6.08. The summed E-state index contributed by atoms with van der Waals surface area (Å²) in [6, 6.07) is 0. The second-order valence-corrected chi connectivity index (χ2v) is 12.4. The first-order chi connectivity index (χ1) is 19.5. The van der Waals surface area contributed by atoms with Crippen molar-refractivity contribution >= 4 is 29.5 Å². The minimum absolute atomic E-state index is 0.00128. The molecule has 3 N–H and O–H groups in total. The lowest BCUT2D eigenvalue weighted by Gasteiger charge is -2.32. The van der Waals surface area contributed by atoms with Gasteiger partial charge in [-0.3, -0.25) is 14.4 Å². The van der Waals surface area contributed by atoms with Crippen LogP contribution in [0.4, 0.5) is 0 Å². The molecule has 0 aromatic rings. The number of allylic oxidation sites excluding steroid dienone is 3. The van der Waals surface area contributed by atoms with Gasteiger partial charge in [0.2, 0.25) is 0 Å². The van der Waals surface area contributed by atoms with Crippen LogP contribution in [0, 0.1) is 17.8 Å². The molecule has 10 heteroatoms. The Kier molecular flexibility index (Phi) is 16.0. The quantitative estimate of drug-likeness (QED) is 0.0985. The van der Waals surface area contributed by atoms with Crippen molar-refractivity contribution in [3.8, 4) is 0 Å². The van der Waals surface area contributed by atoms with Gasteiger partial charge in [0.05, 0.1) is 24.0 Å². The van der Waals surface area contributed by atoms with Gasteiger partial charge in [0.1, 0.15) is 23.9 Å². The number of ether oxygens (including phenoxy) is 3. The van der Waals surface area contributed by atoms with Gasteiger partial charge in [0.15, 0.2) is 0 Å². The molecule has 0 radical (unpaired) electrons. The van der Waals surface area contributed by atoms with Crippen LogP contribution >= 0.6 is 11.6 Å². The highest BCUT2D eigenvalue weighted by atomic mass is 35.5. The van der Waals surface area contributed by atoms with Gasteiger partial charge in [-0.05, 0) is 57.1 Å². The standard InChI is InChI=1S/C32H51ClO9/c1-9-27(37)22(5)31(41-24(7)35)26(33)17-19(2)11-10-12-20(3)30-21(4)13-14-28(40-23(6)34)32(8,39)16-15-25(36)18-29(38)42-30/h10-14,19,21-22,25-28,30-31,36-37,39H,9,15-18H2,1-8H3/b11-10+,14-13-,20-12+. The first-order valence-corrected chi connectivity index (χ1v) is 15.2. The van der Waals surface area contributed by atoms with Crippen LogP contribution in [0.3, 0.4) is 0 Å². The van der Waals surface area contributed by atoms with Crippen LogP contribution in [0.5, 0.6) is 0 Å². The summed E-state index contributed by atoms with van der Waals surface area (Å²) in [5.41, 5.74) is -0.696. The molecule has 9 nitrogen and oxygen atoms in total. The van der Waals surface area contributed by atoms with E-state index in [1.807, 2.05) is 52.8 Å². The number of alkyl halides is 1. The van der Waals surface area contributed by atoms with E-state index < -0.39 is 59.4 Å². The average Bonchev–Trinajstić information content (AvgIpc) is 2.89. The molecular formula is C32H51ClO9. The first-order valence-electron chi connectivity index (χ1n) is 14.8. The molecule has 10 unspecified atom stereocenters. The van der Waals surface area contributed by atoms with Gasteiger partial charge < -0.3 is 29.5 Å². The first kappa shape index (κ1) is 37.8. The second-order valence-electron chi connectivity index (χ2n) is 11.9. The molecule has 0 saturated carbocycles. The van der Waals surface area contributed by atoms with E-state index in [-0.39, 0.29) is 37.0 Å². The third kappa shape index (κ3) is 13.0. The van der Waals surface area contributed by atoms with Gasteiger partial charge in [-0.2, -0.15) is 0 Å². The Hall–Kier alpha value is -2.20. The second kappa shape index (κ2) is 17.8. The van der Waals surface area contributed by atoms with Crippen LogP contribution in [-0.2, 0) is 28.6 Å². The number of carbonyl (C=O) groups excluding carboxylic acids is 3. The lowest BCUT2D eigenvalue weighted by atomic mass is 9.88. The molecule has 1 rings (SSSR count). The third-order valence-corrected chi connectivity index (χ3v) is 8.09. The van der Waals surface area contributed by atoms with Crippen molar-refractivity contribution < 1.29 is 43.9 Å². The fraction of sp³-hybridized carbons (Fsp3) is 0.719. The third-order valence-electron chi connectivity index (χ3n) is 7.66. The van der Waals surface area contributed by atoms with Crippen LogP contribution in [0.1, 0.15) is 87.5 Å². The van der Waals surface area contributed by atoms with E-state index in [2.05, 4.69) is 0 Å². The van der Waals surface area contributed by atoms with E-state index in [1.54, 1.807) is 12.2 Å². The fourth-order valence-corrected chi connectivity index (χ4v) is 5.54. The van der Waals surface area contributed by atoms with E-state index in [1.165, 1.54) is 20.8 Å². The summed E-state index contributed by atoms with van der Waals surface area (Å²) in [5.74, 6) is -2.22. The lowest BCUT2D eigenvalue weighted by Crippen LogP contribution is -2.42. The summed E-state index contributed by atoms with van der Waals surface area (Å²) in [6.45, 7) is 13.4. The fourth-order valence-electron chi connectivity index (χ4n) is 4.98. The molecule has 0 aliphatic carbocycles. The minimum Gasteiger partial charge on any atom is -0.461 e. The van der Waals surface area contributed by atoms with E-state index in [9.17, 15) is 29.7 Å². The number of halogens is 1. The van der Waals surface area contributed by atoms with Gasteiger partial charge in [-0.25, -0.2) is 0 Å². The molecule has 0 aromatic heterocycles. The van der Waals surface area contributed by atoms with E-state index >= 15 is 0 Å².